The normalized spacial score (nSPS) is 15.0. The van der Waals surface area contributed by atoms with Crippen molar-refractivity contribution >= 4 is 47.7 Å². The van der Waals surface area contributed by atoms with Crippen molar-refractivity contribution in [1.29, 1.82) is 0 Å². The lowest BCUT2D eigenvalue weighted by atomic mass is 9.96. The van der Waals surface area contributed by atoms with Crippen LogP contribution < -0.4 is 15.0 Å². The summed E-state index contributed by atoms with van der Waals surface area (Å²) in [6, 6.07) is 10.1. The third-order valence-electron chi connectivity index (χ3n) is 4.56. The molecule has 0 saturated carbocycles. The zero-order valence-corrected chi connectivity index (χ0v) is 18.4. The van der Waals surface area contributed by atoms with Crippen LogP contribution in [0.1, 0.15) is 43.4 Å². The molecule has 1 N–H and O–H groups in total. The van der Waals surface area contributed by atoms with Crippen LogP contribution in [-0.2, 0) is 4.79 Å². The fraction of sp³-hybridized carbons (Fsp3) is 0.273. The predicted molar refractivity (Wildman–Crippen MR) is 119 cm³/mol. The summed E-state index contributed by atoms with van der Waals surface area (Å²) >= 11 is 6.00. The van der Waals surface area contributed by atoms with Gasteiger partial charge in [0.25, 0.3) is 5.91 Å². The summed E-state index contributed by atoms with van der Waals surface area (Å²) in [4.78, 5) is 26.3. The maximum atomic E-state index is 12.8. The first-order valence-electron chi connectivity index (χ1n) is 9.21. The van der Waals surface area contributed by atoms with Gasteiger partial charge in [-0.1, -0.05) is 31.5 Å². The van der Waals surface area contributed by atoms with Crippen molar-refractivity contribution in [1.82, 2.24) is 5.32 Å². The number of hydrogen-bond acceptors (Lipinski definition) is 3. The number of halogens is 2. The predicted octanol–water partition coefficient (Wildman–Crippen LogP) is 5.69. The average molecular weight is 435 g/mol. The summed E-state index contributed by atoms with van der Waals surface area (Å²) in [7, 11) is 0. The lowest BCUT2D eigenvalue weighted by Gasteiger charge is -2.16. The van der Waals surface area contributed by atoms with Crippen molar-refractivity contribution in [3.05, 3.63) is 63.8 Å². The molecule has 0 atom stereocenters. The second-order valence-corrected chi connectivity index (χ2v) is 7.38. The first-order chi connectivity index (χ1) is 13.3. The lowest BCUT2D eigenvalue weighted by molar-refractivity contribution is -0.113. The van der Waals surface area contributed by atoms with E-state index in [-0.39, 0.29) is 24.0 Å². The van der Waals surface area contributed by atoms with E-state index in [2.05, 4.69) is 19.2 Å². The molecule has 1 fully saturated rings. The van der Waals surface area contributed by atoms with E-state index in [0.717, 1.165) is 27.3 Å². The van der Waals surface area contributed by atoms with Crippen LogP contribution in [0.4, 0.5) is 10.5 Å². The SMILES string of the molecule is CCOc1cc(C)c(/C=C2/NC(=O)N(c3cccc(Cl)c3)C2=O)cc1C(C)C.Cl. The van der Waals surface area contributed by atoms with Crippen LogP contribution in [0.2, 0.25) is 5.02 Å². The number of nitrogens with zero attached hydrogens (tertiary/aromatic N) is 1. The van der Waals surface area contributed by atoms with Crippen LogP contribution in [0, 0.1) is 6.92 Å². The first kappa shape index (κ1) is 22.8. The molecule has 0 bridgehead atoms. The standard InChI is InChI=1S/C22H23ClN2O3.ClH/c1-5-28-20-9-14(4)15(10-18(20)13(2)3)11-19-21(26)25(22(27)24-19)17-8-6-7-16(23)12-17;/h6-13H,5H2,1-4H3,(H,24,27);1H/b19-11+;. The van der Waals surface area contributed by atoms with Gasteiger partial charge in [-0.15, -0.1) is 12.4 Å². The van der Waals surface area contributed by atoms with Gasteiger partial charge in [0.2, 0.25) is 0 Å². The Morgan fingerprint density at radius 1 is 1.21 bits per heavy atom. The largest absolute Gasteiger partial charge is 0.494 e. The highest BCUT2D eigenvalue weighted by Gasteiger charge is 2.35. The number of imide groups is 1. The molecule has 7 heteroatoms. The second kappa shape index (κ2) is 9.33. The van der Waals surface area contributed by atoms with Crippen molar-refractivity contribution in [3.8, 4) is 5.75 Å². The molecule has 3 rings (SSSR count). The Hall–Kier alpha value is -2.50. The quantitative estimate of drug-likeness (QED) is 0.485. The van der Waals surface area contributed by atoms with Crippen molar-refractivity contribution in [2.45, 2.75) is 33.6 Å². The molecule has 0 spiro atoms. The Balaban J connectivity index is 0.00000300. The molecule has 5 nitrogen and oxygen atoms in total. The molecule has 0 aliphatic carbocycles. The van der Waals surface area contributed by atoms with Crippen LogP contribution in [-0.4, -0.2) is 18.5 Å². The third-order valence-corrected chi connectivity index (χ3v) is 4.80. The van der Waals surface area contributed by atoms with Crippen LogP contribution in [0.25, 0.3) is 6.08 Å². The number of benzene rings is 2. The number of carbonyl (C=O) groups is 2. The number of urea groups is 1. The van der Waals surface area contributed by atoms with E-state index < -0.39 is 11.9 Å². The van der Waals surface area contributed by atoms with Crippen LogP contribution in [0.3, 0.4) is 0 Å². The molecule has 0 unspecified atom stereocenters. The fourth-order valence-corrected chi connectivity index (χ4v) is 3.33. The summed E-state index contributed by atoms with van der Waals surface area (Å²) in [6.07, 6.45) is 1.71. The van der Waals surface area contributed by atoms with Gasteiger partial charge in [-0.25, -0.2) is 9.69 Å². The van der Waals surface area contributed by atoms with Crippen LogP contribution in [0.5, 0.6) is 5.75 Å². The minimum atomic E-state index is -0.494. The highest BCUT2D eigenvalue weighted by molar-refractivity contribution is 6.32. The van der Waals surface area contributed by atoms with E-state index >= 15 is 0 Å². The molecule has 29 heavy (non-hydrogen) atoms. The van der Waals surface area contributed by atoms with Crippen molar-refractivity contribution < 1.29 is 14.3 Å². The molecular weight excluding hydrogens is 411 g/mol. The van der Waals surface area contributed by atoms with Crippen molar-refractivity contribution in [2.75, 3.05) is 11.5 Å². The third kappa shape index (κ3) is 4.74. The minimum Gasteiger partial charge on any atom is -0.494 e. The molecule has 0 aromatic heterocycles. The van der Waals surface area contributed by atoms with E-state index in [0.29, 0.717) is 17.3 Å². The summed E-state index contributed by atoms with van der Waals surface area (Å²) in [5, 5.41) is 3.12. The number of amides is 3. The topological polar surface area (TPSA) is 58.6 Å². The molecule has 1 aliphatic rings. The Bertz CT molecular complexity index is 971. The van der Waals surface area contributed by atoms with Crippen molar-refractivity contribution in [2.24, 2.45) is 0 Å². The number of nitrogens with one attached hydrogen (secondary N) is 1. The Morgan fingerprint density at radius 3 is 2.55 bits per heavy atom. The molecule has 3 amide bonds. The minimum absolute atomic E-state index is 0. The molecule has 2 aromatic carbocycles. The first-order valence-corrected chi connectivity index (χ1v) is 9.59. The molecule has 0 radical (unpaired) electrons. The van der Waals surface area contributed by atoms with E-state index in [1.165, 1.54) is 0 Å². The highest BCUT2D eigenvalue weighted by Crippen LogP contribution is 2.32. The number of aryl methyl sites for hydroxylation is 1. The van der Waals surface area contributed by atoms with Gasteiger partial charge < -0.3 is 10.1 Å². The van der Waals surface area contributed by atoms with E-state index in [4.69, 9.17) is 16.3 Å². The molecule has 154 valence electrons. The van der Waals surface area contributed by atoms with Gasteiger partial charge in [-0.05, 0) is 72.9 Å². The van der Waals surface area contributed by atoms with Gasteiger partial charge in [0.05, 0.1) is 12.3 Å². The van der Waals surface area contributed by atoms with Gasteiger partial charge in [-0.3, -0.25) is 4.79 Å². The number of carbonyl (C=O) groups excluding carboxylic acids is 2. The maximum Gasteiger partial charge on any atom is 0.333 e. The number of rotatable bonds is 5. The Kier molecular flexibility index (Phi) is 7.33. The summed E-state index contributed by atoms with van der Waals surface area (Å²) in [6.45, 7) is 8.67. The molecule has 1 saturated heterocycles. The Labute approximate surface area is 182 Å². The lowest BCUT2D eigenvalue weighted by Crippen LogP contribution is -2.30. The summed E-state index contributed by atoms with van der Waals surface area (Å²) in [5.74, 6) is 0.697. The van der Waals surface area contributed by atoms with Gasteiger partial charge >= 0.3 is 6.03 Å². The Morgan fingerprint density at radius 2 is 1.93 bits per heavy atom. The number of anilines is 1. The van der Waals surface area contributed by atoms with Gasteiger partial charge in [0.1, 0.15) is 11.4 Å². The monoisotopic (exact) mass is 434 g/mol. The fourth-order valence-electron chi connectivity index (χ4n) is 3.14. The smallest absolute Gasteiger partial charge is 0.333 e. The molecule has 1 aliphatic heterocycles. The van der Waals surface area contributed by atoms with Gasteiger partial charge in [-0.2, -0.15) is 0 Å². The summed E-state index contributed by atoms with van der Waals surface area (Å²) < 4.78 is 5.75. The van der Waals surface area contributed by atoms with Gasteiger partial charge in [0, 0.05) is 5.02 Å². The van der Waals surface area contributed by atoms with Crippen LogP contribution in [0.15, 0.2) is 42.1 Å². The number of hydrogen-bond donors (Lipinski definition) is 1. The summed E-state index contributed by atoms with van der Waals surface area (Å²) in [5.41, 5.74) is 3.55. The van der Waals surface area contributed by atoms with Crippen molar-refractivity contribution in [3.63, 3.8) is 0 Å². The zero-order chi connectivity index (χ0) is 20.4. The van der Waals surface area contributed by atoms with E-state index in [1.807, 2.05) is 26.0 Å². The molecular formula is C22H24Cl2N2O3. The molecule has 1 heterocycles. The zero-order valence-electron chi connectivity index (χ0n) is 16.8. The van der Waals surface area contributed by atoms with Gasteiger partial charge in [0.15, 0.2) is 0 Å². The average Bonchev–Trinajstić information content (AvgIpc) is 2.90. The van der Waals surface area contributed by atoms with E-state index in [1.54, 1.807) is 30.3 Å². The highest BCUT2D eigenvalue weighted by atomic mass is 35.5. The molecule has 2 aromatic rings. The maximum absolute atomic E-state index is 12.8. The second-order valence-electron chi connectivity index (χ2n) is 6.94. The van der Waals surface area contributed by atoms with Crippen LogP contribution >= 0.6 is 24.0 Å². The van der Waals surface area contributed by atoms with E-state index in [9.17, 15) is 9.59 Å². The number of ether oxygens (including phenoxy) is 1.